The van der Waals surface area contributed by atoms with Gasteiger partial charge in [-0.05, 0) is 35.9 Å². The summed E-state index contributed by atoms with van der Waals surface area (Å²) in [5, 5.41) is 2.63. The van der Waals surface area contributed by atoms with Gasteiger partial charge in [0, 0.05) is 24.5 Å². The van der Waals surface area contributed by atoms with Crippen LogP contribution in [0.4, 0.5) is 10.5 Å². The van der Waals surface area contributed by atoms with Crippen molar-refractivity contribution in [2.75, 3.05) is 4.90 Å². The van der Waals surface area contributed by atoms with Gasteiger partial charge in [0.05, 0.1) is 10.7 Å². The molecule has 1 aliphatic heterocycles. The van der Waals surface area contributed by atoms with E-state index in [0.29, 0.717) is 10.6 Å². The van der Waals surface area contributed by atoms with Crippen molar-refractivity contribution in [1.82, 2.24) is 9.88 Å². The summed E-state index contributed by atoms with van der Waals surface area (Å²) in [6, 6.07) is 5.23. The number of hydrogen-bond donors (Lipinski definition) is 1. The van der Waals surface area contributed by atoms with Crippen molar-refractivity contribution in [1.29, 1.82) is 0 Å². The first kappa shape index (κ1) is 16.3. The minimum atomic E-state index is -0.862. The lowest BCUT2D eigenvalue weighted by Crippen LogP contribution is -2.54. The highest BCUT2D eigenvalue weighted by atomic mass is 35.5. The number of halogens is 2. The standard InChI is InChI=1S/C16H11Cl2N3O3/c1-20-5-4-9(8-20)6-11-14(22)19-16(24)21(15(11)23)13-3-2-10(17)7-12(13)18/h2-8H,1H3,(H,19,22,24)/b11-6-. The highest BCUT2D eigenvalue weighted by Crippen LogP contribution is 2.31. The molecule has 3 rings (SSSR count). The maximum absolute atomic E-state index is 12.7. The van der Waals surface area contributed by atoms with Crippen LogP contribution in [0.3, 0.4) is 0 Å². The van der Waals surface area contributed by atoms with Crippen LogP contribution in [0.15, 0.2) is 42.2 Å². The van der Waals surface area contributed by atoms with Crippen molar-refractivity contribution in [3.63, 3.8) is 0 Å². The number of anilines is 1. The molecule has 4 amide bonds. The summed E-state index contributed by atoms with van der Waals surface area (Å²) in [6.45, 7) is 0. The second-order valence-corrected chi connectivity index (χ2v) is 6.01. The first-order chi connectivity index (χ1) is 11.4. The maximum atomic E-state index is 12.7. The summed E-state index contributed by atoms with van der Waals surface area (Å²) in [7, 11) is 1.81. The summed E-state index contributed by atoms with van der Waals surface area (Å²) in [5.74, 6) is -1.51. The summed E-state index contributed by atoms with van der Waals surface area (Å²) in [5.41, 5.74) is 0.648. The summed E-state index contributed by atoms with van der Waals surface area (Å²) < 4.78 is 1.77. The van der Waals surface area contributed by atoms with E-state index in [1.165, 1.54) is 24.3 Å². The molecule has 0 spiro atoms. The molecule has 0 saturated carbocycles. The Kier molecular flexibility index (Phi) is 4.17. The largest absolute Gasteiger partial charge is 0.357 e. The SMILES string of the molecule is Cn1ccc(/C=C2/C(=O)NC(=O)N(c3ccc(Cl)cc3Cl)C2=O)c1. The van der Waals surface area contributed by atoms with Crippen LogP contribution in [0.1, 0.15) is 5.56 Å². The van der Waals surface area contributed by atoms with Crippen LogP contribution in [-0.4, -0.2) is 22.4 Å². The fourth-order valence-electron chi connectivity index (χ4n) is 2.32. The van der Waals surface area contributed by atoms with Gasteiger partial charge in [0.15, 0.2) is 0 Å². The lowest BCUT2D eigenvalue weighted by molar-refractivity contribution is -0.122. The van der Waals surface area contributed by atoms with Gasteiger partial charge in [-0.2, -0.15) is 0 Å². The fourth-order valence-corrected chi connectivity index (χ4v) is 2.81. The van der Waals surface area contributed by atoms with Crippen LogP contribution < -0.4 is 10.2 Å². The third-order valence-corrected chi connectivity index (χ3v) is 3.96. The van der Waals surface area contributed by atoms with Crippen molar-refractivity contribution in [2.45, 2.75) is 0 Å². The van der Waals surface area contributed by atoms with Gasteiger partial charge >= 0.3 is 6.03 Å². The average molecular weight is 364 g/mol. The number of carbonyl (C=O) groups excluding carboxylic acids is 3. The number of urea groups is 1. The van der Waals surface area contributed by atoms with E-state index in [-0.39, 0.29) is 16.3 Å². The zero-order valence-corrected chi connectivity index (χ0v) is 13.9. The second kappa shape index (κ2) is 6.14. The van der Waals surface area contributed by atoms with Crippen LogP contribution in [0.2, 0.25) is 10.0 Å². The molecule has 1 aliphatic rings. The van der Waals surface area contributed by atoms with Gasteiger partial charge in [0.2, 0.25) is 0 Å². The minimum Gasteiger partial charge on any atom is -0.357 e. The number of rotatable bonds is 2. The molecule has 8 heteroatoms. The predicted molar refractivity (Wildman–Crippen MR) is 90.9 cm³/mol. The van der Waals surface area contributed by atoms with Crippen LogP contribution in [-0.2, 0) is 16.6 Å². The molecule has 0 atom stereocenters. The van der Waals surface area contributed by atoms with Crippen molar-refractivity contribution < 1.29 is 14.4 Å². The van der Waals surface area contributed by atoms with E-state index < -0.39 is 17.8 Å². The van der Waals surface area contributed by atoms with Gasteiger partial charge in [-0.15, -0.1) is 0 Å². The van der Waals surface area contributed by atoms with E-state index >= 15 is 0 Å². The molecule has 1 saturated heterocycles. The van der Waals surface area contributed by atoms with Gasteiger partial charge in [0.1, 0.15) is 5.57 Å². The van der Waals surface area contributed by atoms with Gasteiger partial charge in [-0.25, -0.2) is 9.69 Å². The monoisotopic (exact) mass is 363 g/mol. The number of imide groups is 2. The van der Waals surface area contributed by atoms with E-state index in [1.54, 1.807) is 23.0 Å². The number of aromatic nitrogens is 1. The normalized spacial score (nSPS) is 16.7. The number of hydrogen-bond acceptors (Lipinski definition) is 3. The Bertz CT molecular complexity index is 902. The number of carbonyl (C=O) groups is 3. The second-order valence-electron chi connectivity index (χ2n) is 5.16. The van der Waals surface area contributed by atoms with Crippen LogP contribution in [0.5, 0.6) is 0 Å². The fraction of sp³-hybridized carbons (Fsp3) is 0.0625. The molecular weight excluding hydrogens is 353 g/mol. The molecular formula is C16H11Cl2N3O3. The zero-order chi connectivity index (χ0) is 17.4. The molecule has 122 valence electrons. The van der Waals surface area contributed by atoms with Gasteiger partial charge in [-0.3, -0.25) is 14.9 Å². The Balaban J connectivity index is 2.04. The molecule has 1 aromatic heterocycles. The Labute approximate surface area is 147 Å². The number of nitrogens with zero attached hydrogens (tertiary/aromatic N) is 2. The molecule has 1 N–H and O–H groups in total. The number of barbiturate groups is 1. The van der Waals surface area contributed by atoms with Crippen molar-refractivity contribution in [3.05, 3.63) is 57.8 Å². The summed E-state index contributed by atoms with van der Waals surface area (Å²) in [6.07, 6.45) is 4.93. The zero-order valence-electron chi connectivity index (χ0n) is 12.4. The quantitative estimate of drug-likeness (QED) is 0.658. The minimum absolute atomic E-state index is 0.124. The third kappa shape index (κ3) is 2.93. The molecule has 1 fully saturated rings. The summed E-state index contributed by atoms with van der Waals surface area (Å²) in [4.78, 5) is 37.6. The summed E-state index contributed by atoms with van der Waals surface area (Å²) >= 11 is 11.9. The molecule has 24 heavy (non-hydrogen) atoms. The van der Waals surface area contributed by atoms with Gasteiger partial charge in [0.25, 0.3) is 11.8 Å². The Morgan fingerprint density at radius 2 is 1.88 bits per heavy atom. The lowest BCUT2D eigenvalue weighted by Gasteiger charge is -2.27. The van der Waals surface area contributed by atoms with Crippen molar-refractivity contribution >= 4 is 52.8 Å². The van der Waals surface area contributed by atoms with Crippen molar-refractivity contribution in [3.8, 4) is 0 Å². The van der Waals surface area contributed by atoms with Gasteiger partial charge in [-0.1, -0.05) is 23.2 Å². The van der Waals surface area contributed by atoms with Crippen LogP contribution >= 0.6 is 23.2 Å². The number of nitrogens with one attached hydrogen (secondary N) is 1. The van der Waals surface area contributed by atoms with Crippen LogP contribution in [0, 0.1) is 0 Å². The molecule has 6 nitrogen and oxygen atoms in total. The molecule has 2 heterocycles. The first-order valence-electron chi connectivity index (χ1n) is 6.85. The van der Waals surface area contributed by atoms with E-state index in [0.717, 1.165) is 4.90 Å². The Morgan fingerprint density at radius 1 is 1.12 bits per heavy atom. The number of aryl methyl sites for hydroxylation is 1. The molecule has 0 unspecified atom stereocenters. The average Bonchev–Trinajstić information content (AvgIpc) is 2.91. The molecule has 1 aromatic carbocycles. The molecule has 0 aliphatic carbocycles. The highest BCUT2D eigenvalue weighted by Gasteiger charge is 2.37. The van der Waals surface area contributed by atoms with Gasteiger partial charge < -0.3 is 4.57 Å². The lowest BCUT2D eigenvalue weighted by atomic mass is 10.1. The van der Waals surface area contributed by atoms with Crippen molar-refractivity contribution in [2.24, 2.45) is 7.05 Å². The first-order valence-corrected chi connectivity index (χ1v) is 7.61. The third-order valence-electron chi connectivity index (χ3n) is 3.42. The Morgan fingerprint density at radius 3 is 2.50 bits per heavy atom. The van der Waals surface area contributed by atoms with Crippen LogP contribution in [0.25, 0.3) is 6.08 Å². The topological polar surface area (TPSA) is 71.4 Å². The van der Waals surface area contributed by atoms with E-state index in [2.05, 4.69) is 5.32 Å². The van der Waals surface area contributed by atoms with E-state index in [9.17, 15) is 14.4 Å². The maximum Gasteiger partial charge on any atom is 0.335 e. The molecule has 0 radical (unpaired) electrons. The highest BCUT2D eigenvalue weighted by molar-refractivity contribution is 6.42. The Hall–Kier alpha value is -2.57. The molecule has 2 aromatic rings. The molecule has 0 bridgehead atoms. The number of benzene rings is 1. The van der Waals surface area contributed by atoms with E-state index in [4.69, 9.17) is 23.2 Å². The number of amides is 4. The smallest absolute Gasteiger partial charge is 0.335 e. The predicted octanol–water partition coefficient (Wildman–Crippen LogP) is 3.00. The van der Waals surface area contributed by atoms with E-state index in [1.807, 2.05) is 7.05 Å².